The van der Waals surface area contributed by atoms with Crippen molar-refractivity contribution in [2.45, 2.75) is 63.7 Å². The summed E-state index contributed by atoms with van der Waals surface area (Å²) in [5, 5.41) is 25.0. The predicted octanol–water partition coefficient (Wildman–Crippen LogP) is -1.51. The second-order valence-electron chi connectivity index (χ2n) is 8.59. The van der Waals surface area contributed by atoms with Crippen molar-refractivity contribution in [3.8, 4) is 0 Å². The highest BCUT2D eigenvalue weighted by atomic mass is 16.4. The first-order valence-electron chi connectivity index (χ1n) is 11.2. The standard InChI is InChI=1S/C23H33N5O8/c1-12(2)19(22(34)26-15(23(35)36)8-9-18(30)31)28-21(33)16(11-17(25)29)27-20(32)14(24)10-13-6-4-3-5-7-13/h3-7,12,14-16,19H,8-11,24H2,1-2H3,(H2,25,29)(H,26,34)(H,27,32)(H,28,33)(H,30,31)(H,35,36). The Balaban J connectivity index is 2.92. The molecule has 0 heterocycles. The second-order valence-corrected chi connectivity index (χ2v) is 8.59. The van der Waals surface area contributed by atoms with Crippen molar-refractivity contribution < 1.29 is 39.0 Å². The first kappa shape index (κ1) is 30.0. The number of nitrogens with two attached hydrogens (primary N) is 2. The summed E-state index contributed by atoms with van der Waals surface area (Å²) in [6.45, 7) is 3.16. The molecule has 13 heteroatoms. The topological polar surface area (TPSA) is 231 Å². The third-order valence-corrected chi connectivity index (χ3v) is 5.18. The van der Waals surface area contributed by atoms with Crippen molar-refractivity contribution in [3.63, 3.8) is 0 Å². The zero-order chi connectivity index (χ0) is 27.4. The summed E-state index contributed by atoms with van der Waals surface area (Å²) in [5.41, 5.74) is 11.9. The molecule has 0 aliphatic heterocycles. The van der Waals surface area contributed by atoms with Gasteiger partial charge in [-0.2, -0.15) is 0 Å². The summed E-state index contributed by atoms with van der Waals surface area (Å²) in [5.74, 6) is -6.60. The summed E-state index contributed by atoms with van der Waals surface area (Å²) >= 11 is 0. The summed E-state index contributed by atoms with van der Waals surface area (Å²) < 4.78 is 0. The second kappa shape index (κ2) is 14.4. The van der Waals surface area contributed by atoms with Gasteiger partial charge in [0.2, 0.25) is 23.6 Å². The van der Waals surface area contributed by atoms with E-state index in [0.717, 1.165) is 5.56 Å². The molecule has 0 radical (unpaired) electrons. The van der Waals surface area contributed by atoms with Gasteiger partial charge in [0.1, 0.15) is 18.1 Å². The Labute approximate surface area is 208 Å². The monoisotopic (exact) mass is 507 g/mol. The maximum atomic E-state index is 12.9. The van der Waals surface area contributed by atoms with Crippen LogP contribution in [0.2, 0.25) is 0 Å². The molecular formula is C23H33N5O8. The van der Waals surface area contributed by atoms with Crippen molar-refractivity contribution in [2.75, 3.05) is 0 Å². The van der Waals surface area contributed by atoms with Gasteiger partial charge in [-0.05, 0) is 24.3 Å². The molecule has 0 saturated heterocycles. The molecule has 1 rings (SSSR count). The summed E-state index contributed by atoms with van der Waals surface area (Å²) in [6.07, 6.45) is -1.26. The number of carboxylic acids is 2. The van der Waals surface area contributed by atoms with E-state index < -0.39 is 78.5 Å². The van der Waals surface area contributed by atoms with Crippen molar-refractivity contribution in [1.29, 1.82) is 0 Å². The van der Waals surface area contributed by atoms with E-state index >= 15 is 0 Å². The first-order chi connectivity index (χ1) is 16.8. The van der Waals surface area contributed by atoms with E-state index in [1.807, 2.05) is 0 Å². The maximum absolute atomic E-state index is 12.9. The summed E-state index contributed by atoms with van der Waals surface area (Å²) in [7, 11) is 0. The van der Waals surface area contributed by atoms with E-state index in [2.05, 4.69) is 16.0 Å². The quantitative estimate of drug-likeness (QED) is 0.146. The average molecular weight is 508 g/mol. The highest BCUT2D eigenvalue weighted by Gasteiger charge is 2.32. The van der Waals surface area contributed by atoms with Crippen molar-refractivity contribution >= 4 is 35.6 Å². The molecule has 13 nitrogen and oxygen atoms in total. The van der Waals surface area contributed by atoms with E-state index in [1.165, 1.54) is 0 Å². The van der Waals surface area contributed by atoms with Gasteiger partial charge in [0.15, 0.2) is 0 Å². The lowest BCUT2D eigenvalue weighted by atomic mass is 10.0. The van der Waals surface area contributed by atoms with Crippen molar-refractivity contribution in [2.24, 2.45) is 17.4 Å². The molecule has 0 bridgehead atoms. The number of benzene rings is 1. The average Bonchev–Trinajstić information content (AvgIpc) is 2.79. The number of rotatable bonds is 15. The van der Waals surface area contributed by atoms with E-state index in [-0.39, 0.29) is 12.8 Å². The molecule has 0 aliphatic rings. The molecule has 1 aromatic carbocycles. The zero-order valence-corrected chi connectivity index (χ0v) is 20.1. The fourth-order valence-electron chi connectivity index (χ4n) is 3.23. The third kappa shape index (κ3) is 10.5. The van der Waals surface area contributed by atoms with Crippen LogP contribution in [0.3, 0.4) is 0 Å². The minimum absolute atomic E-state index is 0.168. The fraction of sp³-hybridized carbons (Fsp3) is 0.478. The van der Waals surface area contributed by atoms with Gasteiger partial charge in [-0.25, -0.2) is 4.79 Å². The number of primary amides is 1. The molecule has 198 valence electrons. The van der Waals surface area contributed by atoms with Crippen LogP contribution in [0.4, 0.5) is 0 Å². The Morgan fingerprint density at radius 1 is 0.861 bits per heavy atom. The van der Waals surface area contributed by atoms with Crippen molar-refractivity contribution in [3.05, 3.63) is 35.9 Å². The molecule has 0 aliphatic carbocycles. The van der Waals surface area contributed by atoms with Gasteiger partial charge < -0.3 is 37.6 Å². The van der Waals surface area contributed by atoms with Crippen LogP contribution in [0.5, 0.6) is 0 Å². The first-order valence-corrected chi connectivity index (χ1v) is 11.2. The molecule has 36 heavy (non-hydrogen) atoms. The maximum Gasteiger partial charge on any atom is 0.326 e. The van der Waals surface area contributed by atoms with Gasteiger partial charge in [-0.1, -0.05) is 44.2 Å². The Morgan fingerprint density at radius 2 is 1.44 bits per heavy atom. The zero-order valence-electron chi connectivity index (χ0n) is 20.1. The number of nitrogens with one attached hydrogen (secondary N) is 3. The SMILES string of the molecule is CC(C)C(NC(=O)C(CC(N)=O)NC(=O)C(N)Cc1ccccc1)C(=O)NC(CCC(=O)O)C(=O)O. The Morgan fingerprint density at radius 3 is 1.94 bits per heavy atom. The van der Waals surface area contributed by atoms with Gasteiger partial charge >= 0.3 is 11.9 Å². The van der Waals surface area contributed by atoms with E-state index in [0.29, 0.717) is 0 Å². The molecule has 4 unspecified atom stereocenters. The van der Waals surface area contributed by atoms with Gasteiger partial charge in [0.25, 0.3) is 0 Å². The van der Waals surface area contributed by atoms with Gasteiger partial charge in [-0.15, -0.1) is 0 Å². The number of hydrogen-bond donors (Lipinski definition) is 7. The van der Waals surface area contributed by atoms with Crippen LogP contribution in [-0.2, 0) is 35.2 Å². The molecule has 4 atom stereocenters. The summed E-state index contributed by atoms with van der Waals surface area (Å²) in [6, 6.07) is 3.67. The summed E-state index contributed by atoms with van der Waals surface area (Å²) in [4.78, 5) is 71.9. The van der Waals surface area contributed by atoms with Crippen LogP contribution in [0.15, 0.2) is 30.3 Å². The molecule has 0 saturated carbocycles. The van der Waals surface area contributed by atoms with Crippen LogP contribution in [0.25, 0.3) is 0 Å². The molecule has 1 aromatic rings. The smallest absolute Gasteiger partial charge is 0.326 e. The Kier molecular flexibility index (Phi) is 12.0. The molecular weight excluding hydrogens is 474 g/mol. The number of amides is 4. The number of carboxylic acid groups (broad SMARTS) is 2. The number of hydrogen-bond acceptors (Lipinski definition) is 7. The lowest BCUT2D eigenvalue weighted by Gasteiger charge is -2.26. The molecule has 0 aromatic heterocycles. The van der Waals surface area contributed by atoms with E-state index in [1.54, 1.807) is 44.2 Å². The minimum atomic E-state index is -1.50. The highest BCUT2D eigenvalue weighted by Crippen LogP contribution is 2.07. The molecule has 0 fully saturated rings. The molecule has 0 spiro atoms. The lowest BCUT2D eigenvalue weighted by molar-refractivity contribution is -0.144. The predicted molar refractivity (Wildman–Crippen MR) is 127 cm³/mol. The van der Waals surface area contributed by atoms with Crippen LogP contribution < -0.4 is 27.4 Å². The third-order valence-electron chi connectivity index (χ3n) is 5.18. The number of aliphatic carboxylic acids is 2. The van der Waals surface area contributed by atoms with Gasteiger partial charge in [0, 0.05) is 6.42 Å². The fourth-order valence-corrected chi connectivity index (χ4v) is 3.23. The van der Waals surface area contributed by atoms with E-state index in [9.17, 15) is 33.9 Å². The normalized spacial score (nSPS) is 14.1. The van der Waals surface area contributed by atoms with Crippen LogP contribution >= 0.6 is 0 Å². The minimum Gasteiger partial charge on any atom is -0.481 e. The Bertz CT molecular complexity index is 953. The van der Waals surface area contributed by atoms with Gasteiger partial charge in [0.05, 0.1) is 12.5 Å². The largest absolute Gasteiger partial charge is 0.481 e. The van der Waals surface area contributed by atoms with Crippen LogP contribution in [0.1, 0.15) is 38.7 Å². The molecule has 9 N–H and O–H groups in total. The molecule has 4 amide bonds. The van der Waals surface area contributed by atoms with Crippen LogP contribution in [0, 0.1) is 5.92 Å². The van der Waals surface area contributed by atoms with E-state index in [4.69, 9.17) is 16.6 Å². The Hall–Kier alpha value is -4.00. The highest BCUT2D eigenvalue weighted by molar-refractivity contribution is 5.96. The lowest BCUT2D eigenvalue weighted by Crippen LogP contribution is -2.59. The van der Waals surface area contributed by atoms with Crippen LogP contribution in [-0.4, -0.2) is 69.9 Å². The number of carbonyl (C=O) groups excluding carboxylic acids is 4. The van der Waals surface area contributed by atoms with Crippen molar-refractivity contribution in [1.82, 2.24) is 16.0 Å². The van der Waals surface area contributed by atoms with Gasteiger partial charge in [-0.3, -0.25) is 24.0 Å². The number of carbonyl (C=O) groups is 6.